The molecule has 1 aromatic rings. The van der Waals surface area contributed by atoms with E-state index in [1.54, 1.807) is 13.8 Å². The van der Waals surface area contributed by atoms with Gasteiger partial charge in [0.15, 0.2) is 0 Å². The summed E-state index contributed by atoms with van der Waals surface area (Å²) in [5.41, 5.74) is 0.858. The molecule has 4 N–H and O–H groups in total. The van der Waals surface area contributed by atoms with E-state index in [1.165, 1.54) is 6.92 Å². The van der Waals surface area contributed by atoms with Gasteiger partial charge in [-0.3, -0.25) is 14.4 Å². The van der Waals surface area contributed by atoms with E-state index in [9.17, 15) is 19.2 Å². The molecular formula is C18H25N3O5. The van der Waals surface area contributed by atoms with Gasteiger partial charge < -0.3 is 21.1 Å². The molecule has 3 amide bonds. The first-order chi connectivity index (χ1) is 12.2. The van der Waals surface area contributed by atoms with E-state index in [0.717, 1.165) is 5.56 Å². The fourth-order valence-electron chi connectivity index (χ4n) is 2.33. The van der Waals surface area contributed by atoms with Crippen LogP contribution in [0.25, 0.3) is 0 Å². The van der Waals surface area contributed by atoms with E-state index in [1.807, 2.05) is 30.3 Å². The van der Waals surface area contributed by atoms with Crippen LogP contribution in [-0.4, -0.2) is 47.4 Å². The molecule has 8 nitrogen and oxygen atoms in total. The minimum absolute atomic E-state index is 0.275. The van der Waals surface area contributed by atoms with E-state index >= 15 is 0 Å². The van der Waals surface area contributed by atoms with Crippen molar-refractivity contribution in [2.45, 2.75) is 39.3 Å². The summed E-state index contributed by atoms with van der Waals surface area (Å²) in [6.07, 6.45) is 0.275. The minimum Gasteiger partial charge on any atom is -0.480 e. The minimum atomic E-state index is -1.14. The molecule has 0 bridgehead atoms. The Kier molecular flexibility index (Phi) is 8.27. The Balaban J connectivity index is 2.64. The molecule has 26 heavy (non-hydrogen) atoms. The van der Waals surface area contributed by atoms with Gasteiger partial charge in [-0.15, -0.1) is 0 Å². The van der Waals surface area contributed by atoms with Crippen molar-refractivity contribution in [2.24, 2.45) is 5.92 Å². The molecule has 142 valence electrons. The second kappa shape index (κ2) is 10.2. The topological polar surface area (TPSA) is 125 Å². The molecule has 0 unspecified atom stereocenters. The number of nitrogens with one attached hydrogen (secondary N) is 3. The first-order valence-corrected chi connectivity index (χ1v) is 8.31. The second-order valence-corrected chi connectivity index (χ2v) is 6.29. The highest BCUT2D eigenvalue weighted by molar-refractivity contribution is 5.91. The molecular weight excluding hydrogens is 338 g/mol. The Morgan fingerprint density at radius 3 is 2.15 bits per heavy atom. The third kappa shape index (κ3) is 7.33. The zero-order valence-corrected chi connectivity index (χ0v) is 15.1. The summed E-state index contributed by atoms with van der Waals surface area (Å²) in [4.78, 5) is 46.7. The third-order valence-corrected chi connectivity index (χ3v) is 3.65. The standard InChI is InChI=1S/C18H25N3O5/c1-11(2)16(18(25)26)21-15(23)10-19-17(24)14(20-12(3)22)9-13-7-5-4-6-8-13/h4-8,11,14,16H,9-10H2,1-3H3,(H,19,24)(H,20,22)(H,21,23)(H,25,26)/t14-,16-/m0/s1. The lowest BCUT2D eigenvalue weighted by atomic mass is 10.0. The van der Waals surface area contributed by atoms with Crippen molar-refractivity contribution in [3.63, 3.8) is 0 Å². The molecule has 1 aromatic carbocycles. The fraction of sp³-hybridized carbons (Fsp3) is 0.444. The van der Waals surface area contributed by atoms with Gasteiger partial charge in [-0.2, -0.15) is 0 Å². The van der Waals surface area contributed by atoms with E-state index in [-0.39, 0.29) is 24.8 Å². The summed E-state index contributed by atoms with van der Waals surface area (Å²) in [5.74, 6) is -2.93. The highest BCUT2D eigenvalue weighted by Gasteiger charge is 2.24. The average Bonchev–Trinajstić information content (AvgIpc) is 2.56. The smallest absolute Gasteiger partial charge is 0.326 e. The maximum absolute atomic E-state index is 12.3. The van der Waals surface area contributed by atoms with E-state index < -0.39 is 29.9 Å². The largest absolute Gasteiger partial charge is 0.480 e. The van der Waals surface area contributed by atoms with E-state index in [2.05, 4.69) is 16.0 Å². The van der Waals surface area contributed by atoms with Crippen LogP contribution < -0.4 is 16.0 Å². The van der Waals surface area contributed by atoms with Crippen molar-refractivity contribution in [1.82, 2.24) is 16.0 Å². The van der Waals surface area contributed by atoms with Crippen molar-refractivity contribution in [2.75, 3.05) is 6.54 Å². The van der Waals surface area contributed by atoms with Crippen molar-refractivity contribution in [3.05, 3.63) is 35.9 Å². The third-order valence-electron chi connectivity index (χ3n) is 3.65. The number of carboxylic acids is 1. The second-order valence-electron chi connectivity index (χ2n) is 6.29. The number of carbonyl (C=O) groups is 4. The summed E-state index contributed by atoms with van der Waals surface area (Å²) in [6, 6.07) is 7.28. The monoisotopic (exact) mass is 363 g/mol. The predicted octanol–water partition coefficient (Wildman–Crippen LogP) is 0.0754. The molecule has 0 aliphatic heterocycles. The lowest BCUT2D eigenvalue weighted by Crippen LogP contribution is -2.52. The summed E-state index contributed by atoms with van der Waals surface area (Å²) < 4.78 is 0. The van der Waals surface area contributed by atoms with Gasteiger partial charge in [0.25, 0.3) is 0 Å². The van der Waals surface area contributed by atoms with Gasteiger partial charge in [-0.05, 0) is 11.5 Å². The lowest BCUT2D eigenvalue weighted by Gasteiger charge is -2.20. The van der Waals surface area contributed by atoms with E-state index in [0.29, 0.717) is 0 Å². The van der Waals surface area contributed by atoms with Crippen molar-refractivity contribution in [3.8, 4) is 0 Å². The van der Waals surface area contributed by atoms with Crippen LogP contribution in [0.4, 0.5) is 0 Å². The predicted molar refractivity (Wildman–Crippen MR) is 95.2 cm³/mol. The fourth-order valence-corrected chi connectivity index (χ4v) is 2.33. The first-order valence-electron chi connectivity index (χ1n) is 8.31. The molecule has 0 saturated carbocycles. The summed E-state index contributed by atoms with van der Waals surface area (Å²) >= 11 is 0. The van der Waals surface area contributed by atoms with Crippen LogP contribution in [0.15, 0.2) is 30.3 Å². The molecule has 0 saturated heterocycles. The SMILES string of the molecule is CC(=O)N[C@@H](Cc1ccccc1)C(=O)NCC(=O)N[C@H](C(=O)O)C(C)C. The van der Waals surface area contributed by atoms with Gasteiger partial charge in [0.05, 0.1) is 6.54 Å². The molecule has 0 aromatic heterocycles. The van der Waals surface area contributed by atoms with Gasteiger partial charge in [0, 0.05) is 13.3 Å². The molecule has 0 spiro atoms. The lowest BCUT2D eigenvalue weighted by molar-refractivity contribution is -0.143. The van der Waals surface area contributed by atoms with Crippen LogP contribution in [0.3, 0.4) is 0 Å². The maximum Gasteiger partial charge on any atom is 0.326 e. The highest BCUT2D eigenvalue weighted by atomic mass is 16.4. The number of hydrogen-bond acceptors (Lipinski definition) is 4. The molecule has 0 aliphatic rings. The molecule has 2 atom stereocenters. The summed E-state index contributed by atoms with van der Waals surface area (Å²) in [5, 5.41) is 16.4. The molecule has 0 radical (unpaired) electrons. The van der Waals surface area contributed by atoms with Gasteiger partial charge in [0.2, 0.25) is 17.7 Å². The number of carboxylic acid groups (broad SMARTS) is 1. The molecule has 8 heteroatoms. The number of aliphatic carboxylic acids is 1. The Labute approximate surface area is 152 Å². The zero-order valence-electron chi connectivity index (χ0n) is 15.1. The Bertz CT molecular complexity index is 645. The first kappa shape index (κ1) is 21.1. The maximum atomic E-state index is 12.3. The van der Waals surface area contributed by atoms with Crippen LogP contribution in [0.5, 0.6) is 0 Å². The van der Waals surface area contributed by atoms with Gasteiger partial charge in [-0.1, -0.05) is 44.2 Å². The van der Waals surface area contributed by atoms with E-state index in [4.69, 9.17) is 5.11 Å². The van der Waals surface area contributed by atoms with Crippen LogP contribution in [0.1, 0.15) is 26.3 Å². The zero-order chi connectivity index (χ0) is 19.7. The van der Waals surface area contributed by atoms with Crippen LogP contribution >= 0.6 is 0 Å². The molecule has 1 rings (SSSR count). The number of carbonyl (C=O) groups excluding carboxylic acids is 3. The Morgan fingerprint density at radius 1 is 1.04 bits per heavy atom. The average molecular weight is 363 g/mol. The van der Waals surface area contributed by atoms with Gasteiger partial charge >= 0.3 is 5.97 Å². The highest BCUT2D eigenvalue weighted by Crippen LogP contribution is 2.04. The van der Waals surface area contributed by atoms with Crippen LogP contribution in [-0.2, 0) is 25.6 Å². The molecule has 0 fully saturated rings. The molecule has 0 aliphatic carbocycles. The number of rotatable bonds is 9. The Hall–Kier alpha value is -2.90. The Morgan fingerprint density at radius 2 is 1.65 bits per heavy atom. The number of benzene rings is 1. The molecule has 0 heterocycles. The normalized spacial score (nSPS) is 12.8. The van der Waals surface area contributed by atoms with Crippen LogP contribution in [0.2, 0.25) is 0 Å². The summed E-state index contributed by atoms with van der Waals surface area (Å²) in [6.45, 7) is 4.27. The van der Waals surface area contributed by atoms with Gasteiger partial charge in [0.1, 0.15) is 12.1 Å². The quantitative estimate of drug-likeness (QED) is 0.494. The van der Waals surface area contributed by atoms with Crippen molar-refractivity contribution >= 4 is 23.7 Å². The van der Waals surface area contributed by atoms with Crippen LogP contribution in [0, 0.1) is 5.92 Å². The van der Waals surface area contributed by atoms with Crippen molar-refractivity contribution in [1.29, 1.82) is 0 Å². The number of amides is 3. The van der Waals surface area contributed by atoms with Crippen molar-refractivity contribution < 1.29 is 24.3 Å². The van der Waals surface area contributed by atoms with Gasteiger partial charge in [-0.25, -0.2) is 4.79 Å². The number of hydrogen-bond donors (Lipinski definition) is 4. The summed E-state index contributed by atoms with van der Waals surface area (Å²) in [7, 11) is 0.